The highest BCUT2D eigenvalue weighted by Gasteiger charge is 2.23. The molecule has 1 aliphatic rings. The summed E-state index contributed by atoms with van der Waals surface area (Å²) in [7, 11) is 2.08. The number of pyridine rings is 2. The first-order chi connectivity index (χ1) is 14.5. The van der Waals surface area contributed by atoms with Gasteiger partial charge in [0.25, 0.3) is 0 Å². The second-order valence-electron chi connectivity index (χ2n) is 7.48. The number of aromatic nitrogens is 2. The normalized spacial score (nSPS) is 13.2. The van der Waals surface area contributed by atoms with Crippen molar-refractivity contribution in [2.75, 3.05) is 35.3 Å². The second kappa shape index (κ2) is 8.26. The number of nitrogens with one attached hydrogen (secondary N) is 1. The van der Waals surface area contributed by atoms with Crippen LogP contribution in [0.5, 0.6) is 0 Å². The van der Waals surface area contributed by atoms with Crippen LogP contribution in [0.4, 0.5) is 17.2 Å². The highest BCUT2D eigenvalue weighted by atomic mass is 15.3. The number of benzene rings is 1. The Hall–Kier alpha value is -3.85. The lowest BCUT2D eigenvalue weighted by molar-refractivity contribution is 0.789. The van der Waals surface area contributed by atoms with Crippen LogP contribution in [-0.2, 0) is 0 Å². The number of aryl methyl sites for hydroxylation is 1. The van der Waals surface area contributed by atoms with Crippen molar-refractivity contribution in [3.63, 3.8) is 0 Å². The molecule has 6 nitrogen and oxygen atoms in total. The van der Waals surface area contributed by atoms with E-state index in [2.05, 4.69) is 45.9 Å². The maximum absolute atomic E-state index is 9.24. The van der Waals surface area contributed by atoms with E-state index < -0.39 is 0 Å². The highest BCUT2D eigenvalue weighted by Crippen LogP contribution is 2.34. The first-order valence-electron chi connectivity index (χ1n) is 9.93. The van der Waals surface area contributed by atoms with Crippen molar-refractivity contribution in [1.29, 1.82) is 5.26 Å². The Bertz CT molecular complexity index is 1130. The molecule has 0 unspecified atom stereocenters. The molecule has 6 heteroatoms. The van der Waals surface area contributed by atoms with E-state index in [0.29, 0.717) is 5.56 Å². The summed E-state index contributed by atoms with van der Waals surface area (Å²) in [6.07, 6.45) is 4.60. The Kier molecular flexibility index (Phi) is 5.36. The molecule has 150 valence electrons. The van der Waals surface area contributed by atoms with E-state index in [1.807, 2.05) is 43.5 Å². The third-order valence-corrected chi connectivity index (χ3v) is 5.17. The number of rotatable bonds is 4. The van der Waals surface area contributed by atoms with E-state index >= 15 is 0 Å². The van der Waals surface area contributed by atoms with Crippen LogP contribution in [0.15, 0.2) is 67.3 Å². The summed E-state index contributed by atoms with van der Waals surface area (Å²) in [5.41, 5.74) is 5.41. The molecule has 0 saturated carbocycles. The summed E-state index contributed by atoms with van der Waals surface area (Å²) >= 11 is 0. The van der Waals surface area contributed by atoms with Crippen LogP contribution in [0.2, 0.25) is 0 Å². The molecule has 3 heterocycles. The average molecular weight is 396 g/mol. The van der Waals surface area contributed by atoms with Crippen molar-refractivity contribution in [3.8, 4) is 17.3 Å². The molecule has 0 fully saturated rings. The van der Waals surface area contributed by atoms with Gasteiger partial charge < -0.3 is 15.1 Å². The molecule has 4 rings (SSSR count). The average Bonchev–Trinajstić information content (AvgIpc) is 2.92. The zero-order valence-corrected chi connectivity index (χ0v) is 17.3. The molecule has 1 aliphatic heterocycles. The standard InChI is InChI=1S/C24H24N6/c1-17-12-21(16-26-15-17)27-18(2)30-11-5-10-29(3)23-9-8-22(28-24(23)30)20-7-4-6-19(13-20)14-25/h4,6-9,12-13,15-16,27H,2,5,10-11H2,1,3H3. The first kappa shape index (κ1) is 19.5. The largest absolute Gasteiger partial charge is 0.372 e. The van der Waals surface area contributed by atoms with E-state index in [9.17, 15) is 5.26 Å². The number of anilines is 3. The van der Waals surface area contributed by atoms with Gasteiger partial charge in [0.1, 0.15) is 5.82 Å². The van der Waals surface area contributed by atoms with Gasteiger partial charge in [-0.25, -0.2) is 4.98 Å². The molecular formula is C24H24N6. The summed E-state index contributed by atoms with van der Waals surface area (Å²) in [5.74, 6) is 1.61. The van der Waals surface area contributed by atoms with Gasteiger partial charge in [0.15, 0.2) is 5.82 Å². The summed E-state index contributed by atoms with van der Waals surface area (Å²) in [6, 6.07) is 15.9. The maximum Gasteiger partial charge on any atom is 0.158 e. The number of nitrogens with zero attached hydrogens (tertiary/aromatic N) is 5. The zero-order chi connectivity index (χ0) is 21.1. The summed E-state index contributed by atoms with van der Waals surface area (Å²) < 4.78 is 0. The van der Waals surface area contributed by atoms with Gasteiger partial charge in [-0.1, -0.05) is 18.7 Å². The minimum Gasteiger partial charge on any atom is -0.372 e. The van der Waals surface area contributed by atoms with E-state index in [4.69, 9.17) is 4.98 Å². The van der Waals surface area contributed by atoms with Crippen molar-refractivity contribution in [2.45, 2.75) is 13.3 Å². The molecule has 1 aromatic carbocycles. The van der Waals surface area contributed by atoms with Crippen molar-refractivity contribution >= 4 is 17.2 Å². The van der Waals surface area contributed by atoms with Gasteiger partial charge in [0.2, 0.25) is 0 Å². The maximum atomic E-state index is 9.24. The Morgan fingerprint density at radius 1 is 1.17 bits per heavy atom. The molecule has 0 atom stereocenters. The van der Waals surface area contributed by atoms with Gasteiger partial charge in [0, 0.05) is 31.9 Å². The van der Waals surface area contributed by atoms with Crippen LogP contribution in [0.1, 0.15) is 17.5 Å². The van der Waals surface area contributed by atoms with Gasteiger partial charge >= 0.3 is 0 Å². The molecule has 3 aromatic rings. The van der Waals surface area contributed by atoms with E-state index in [1.165, 1.54) is 0 Å². The van der Waals surface area contributed by atoms with Crippen molar-refractivity contribution in [3.05, 3.63) is 78.4 Å². The van der Waals surface area contributed by atoms with Crippen LogP contribution in [0.25, 0.3) is 11.3 Å². The van der Waals surface area contributed by atoms with Gasteiger partial charge in [-0.15, -0.1) is 0 Å². The van der Waals surface area contributed by atoms with Gasteiger partial charge in [-0.2, -0.15) is 5.26 Å². The Morgan fingerprint density at radius 3 is 2.83 bits per heavy atom. The summed E-state index contributed by atoms with van der Waals surface area (Å²) in [4.78, 5) is 13.6. The smallest absolute Gasteiger partial charge is 0.158 e. The van der Waals surface area contributed by atoms with Gasteiger partial charge in [-0.3, -0.25) is 4.98 Å². The van der Waals surface area contributed by atoms with Crippen LogP contribution >= 0.6 is 0 Å². The minimum absolute atomic E-state index is 0.622. The number of hydrogen-bond donors (Lipinski definition) is 1. The van der Waals surface area contributed by atoms with Crippen molar-refractivity contribution in [2.24, 2.45) is 0 Å². The van der Waals surface area contributed by atoms with Crippen LogP contribution in [0, 0.1) is 18.3 Å². The minimum atomic E-state index is 0.622. The summed E-state index contributed by atoms with van der Waals surface area (Å²) in [6.45, 7) is 8.04. The fourth-order valence-electron chi connectivity index (χ4n) is 3.66. The predicted octanol–water partition coefficient (Wildman–Crippen LogP) is 4.55. The monoisotopic (exact) mass is 396 g/mol. The third kappa shape index (κ3) is 3.96. The van der Waals surface area contributed by atoms with E-state index in [-0.39, 0.29) is 0 Å². The second-order valence-corrected chi connectivity index (χ2v) is 7.48. The van der Waals surface area contributed by atoms with Gasteiger partial charge in [0.05, 0.1) is 34.9 Å². The van der Waals surface area contributed by atoms with Crippen LogP contribution in [0.3, 0.4) is 0 Å². The Labute approximate surface area is 177 Å². The molecule has 0 spiro atoms. The quantitative estimate of drug-likeness (QED) is 0.698. The lowest BCUT2D eigenvalue weighted by atomic mass is 10.1. The molecule has 0 radical (unpaired) electrons. The molecule has 0 amide bonds. The number of fused-ring (bicyclic) bond motifs is 1. The first-order valence-corrected chi connectivity index (χ1v) is 9.93. The fourth-order valence-corrected chi connectivity index (χ4v) is 3.66. The SMILES string of the molecule is C=C(Nc1cncc(C)c1)N1CCCN(C)c2ccc(-c3cccc(C#N)c3)nc21. The molecule has 1 N–H and O–H groups in total. The Balaban J connectivity index is 1.72. The molecule has 2 aromatic heterocycles. The van der Waals surface area contributed by atoms with E-state index in [0.717, 1.165) is 59.3 Å². The lowest BCUT2D eigenvalue weighted by Gasteiger charge is -2.27. The Morgan fingerprint density at radius 2 is 2.03 bits per heavy atom. The number of nitriles is 1. The molecule has 0 bridgehead atoms. The molecular weight excluding hydrogens is 372 g/mol. The predicted molar refractivity (Wildman–Crippen MR) is 121 cm³/mol. The van der Waals surface area contributed by atoms with Gasteiger partial charge in [-0.05, 0) is 49.2 Å². The highest BCUT2D eigenvalue weighted by molar-refractivity contribution is 5.75. The van der Waals surface area contributed by atoms with Crippen molar-refractivity contribution < 1.29 is 0 Å². The molecule has 30 heavy (non-hydrogen) atoms. The fraction of sp³-hybridized carbons (Fsp3) is 0.208. The molecule has 0 aliphatic carbocycles. The van der Waals surface area contributed by atoms with Crippen molar-refractivity contribution in [1.82, 2.24) is 9.97 Å². The number of hydrogen-bond acceptors (Lipinski definition) is 6. The van der Waals surface area contributed by atoms with Crippen LogP contribution < -0.4 is 15.1 Å². The molecule has 0 saturated heterocycles. The van der Waals surface area contributed by atoms with E-state index in [1.54, 1.807) is 12.3 Å². The topological polar surface area (TPSA) is 68.1 Å². The van der Waals surface area contributed by atoms with Crippen LogP contribution in [-0.4, -0.2) is 30.1 Å². The third-order valence-electron chi connectivity index (χ3n) is 5.17. The summed E-state index contributed by atoms with van der Waals surface area (Å²) in [5, 5.41) is 12.6. The zero-order valence-electron chi connectivity index (χ0n) is 17.3. The lowest BCUT2D eigenvalue weighted by Crippen LogP contribution is -2.28.